The van der Waals surface area contributed by atoms with Crippen molar-refractivity contribution in [3.05, 3.63) is 211 Å². The van der Waals surface area contributed by atoms with E-state index in [1.807, 2.05) is 0 Å². The second-order valence-electron chi connectivity index (χ2n) is 18.3. The molecule has 0 saturated heterocycles. The van der Waals surface area contributed by atoms with Gasteiger partial charge in [-0.25, -0.2) is 52.7 Å². The van der Waals surface area contributed by atoms with E-state index in [4.69, 9.17) is 11.5 Å². The van der Waals surface area contributed by atoms with Crippen LogP contribution in [0.3, 0.4) is 0 Å². The third kappa shape index (κ3) is 5.49. The summed E-state index contributed by atoms with van der Waals surface area (Å²) in [6.45, 7) is 0. The highest BCUT2D eigenvalue weighted by atomic mass is 19.2. The van der Waals surface area contributed by atoms with Crippen molar-refractivity contribution in [1.82, 2.24) is 0 Å². The number of nitrogens with two attached hydrogens (primary N) is 2. The monoisotopic (exact) mass is 980 g/mol. The standard InChI is InChI=1S/C58H28F12N2/c59-45-33-25-13-5-1-9-21(25)17-29(33)37(49(63)53(45)67)41-42(38-30-18-22-10-2-6-14-26(22)34(30)46(60)54(68)50(38)64)44(40-32-20-24-12-4-8-16-28(24)36(32)48(62)56(70)52(40)66)58(72)57(71)43(41)39-31-19-23-11-3-7-15-27(23)35(31)47(61)55(69)51(39)65/h1-16H,17-20,71-72H2. The zero-order valence-electron chi connectivity index (χ0n) is 36.8. The molecule has 0 aromatic heterocycles. The molecule has 4 aliphatic rings. The Balaban J connectivity index is 1.32. The number of hydrogen-bond acceptors (Lipinski definition) is 2. The van der Waals surface area contributed by atoms with E-state index in [9.17, 15) is 0 Å². The van der Waals surface area contributed by atoms with Crippen LogP contribution in [-0.4, -0.2) is 0 Å². The molecule has 354 valence electrons. The van der Waals surface area contributed by atoms with Crippen molar-refractivity contribution in [3.8, 4) is 89.0 Å². The first-order chi connectivity index (χ1) is 34.6. The number of nitrogen functional groups attached to an aromatic ring is 2. The molecule has 13 rings (SSSR count). The Morgan fingerprint density at radius 1 is 0.222 bits per heavy atom. The summed E-state index contributed by atoms with van der Waals surface area (Å²) in [7, 11) is 0. The normalized spacial score (nSPS) is 13.2. The molecule has 0 unspecified atom stereocenters. The van der Waals surface area contributed by atoms with Crippen molar-refractivity contribution in [1.29, 1.82) is 0 Å². The van der Waals surface area contributed by atoms with Gasteiger partial charge in [-0.15, -0.1) is 0 Å². The van der Waals surface area contributed by atoms with Gasteiger partial charge in [-0.05, 0) is 92.4 Å². The third-order valence-corrected chi connectivity index (χ3v) is 14.9. The second-order valence-corrected chi connectivity index (χ2v) is 18.3. The molecule has 4 aliphatic carbocycles. The predicted octanol–water partition coefficient (Wildman–Crippen LogP) is 15.5. The lowest BCUT2D eigenvalue weighted by atomic mass is 9.75. The minimum atomic E-state index is -2.14. The van der Waals surface area contributed by atoms with Crippen LogP contribution >= 0.6 is 0 Å². The summed E-state index contributed by atoms with van der Waals surface area (Å²) < 4.78 is 204. The van der Waals surface area contributed by atoms with Gasteiger partial charge < -0.3 is 11.5 Å². The molecular formula is C58H28F12N2. The van der Waals surface area contributed by atoms with Gasteiger partial charge in [0, 0.05) is 66.8 Å². The highest BCUT2D eigenvalue weighted by Crippen LogP contribution is 2.62. The molecule has 14 heteroatoms. The second kappa shape index (κ2) is 15.1. The van der Waals surface area contributed by atoms with Crippen LogP contribution in [-0.2, 0) is 25.7 Å². The van der Waals surface area contributed by atoms with Crippen LogP contribution < -0.4 is 11.5 Å². The minimum Gasteiger partial charge on any atom is -0.397 e. The molecule has 0 bridgehead atoms. The van der Waals surface area contributed by atoms with Crippen LogP contribution in [0.25, 0.3) is 89.0 Å². The molecule has 2 nitrogen and oxygen atoms in total. The summed E-state index contributed by atoms with van der Waals surface area (Å²) in [5.74, 6) is -23.2. The molecular weight excluding hydrogens is 953 g/mol. The Kier molecular flexibility index (Phi) is 9.19. The fourth-order valence-electron chi connectivity index (χ4n) is 11.9. The first-order valence-electron chi connectivity index (χ1n) is 22.5. The fourth-order valence-corrected chi connectivity index (χ4v) is 11.9. The van der Waals surface area contributed by atoms with Gasteiger partial charge in [0.1, 0.15) is 0 Å². The molecule has 9 aromatic carbocycles. The molecule has 0 amide bonds. The van der Waals surface area contributed by atoms with Crippen LogP contribution in [0.4, 0.5) is 64.1 Å². The average molecular weight is 981 g/mol. The fraction of sp³-hybridized carbons (Fsp3) is 0.0690. The van der Waals surface area contributed by atoms with Crippen molar-refractivity contribution in [2.24, 2.45) is 0 Å². The summed E-state index contributed by atoms with van der Waals surface area (Å²) >= 11 is 0. The highest BCUT2D eigenvalue weighted by Gasteiger charge is 2.44. The smallest absolute Gasteiger partial charge is 0.195 e. The van der Waals surface area contributed by atoms with E-state index in [1.165, 1.54) is 72.8 Å². The molecule has 0 aliphatic heterocycles. The van der Waals surface area contributed by atoms with Gasteiger partial charge in [0.2, 0.25) is 0 Å². The van der Waals surface area contributed by atoms with Gasteiger partial charge in [0.25, 0.3) is 0 Å². The third-order valence-electron chi connectivity index (χ3n) is 14.9. The van der Waals surface area contributed by atoms with E-state index in [-0.39, 0.29) is 57.3 Å². The summed E-state index contributed by atoms with van der Waals surface area (Å²) in [5, 5.41) is 0. The van der Waals surface area contributed by atoms with Gasteiger partial charge in [-0.2, -0.15) is 0 Å². The van der Waals surface area contributed by atoms with Gasteiger partial charge in [-0.3, -0.25) is 0 Å². The molecule has 0 atom stereocenters. The minimum absolute atomic E-state index is 0.0461. The van der Waals surface area contributed by atoms with E-state index in [0.717, 1.165) is 0 Å². The largest absolute Gasteiger partial charge is 0.397 e. The summed E-state index contributed by atoms with van der Waals surface area (Å²) in [6, 6.07) is 23.9. The SMILES string of the molecule is Nc1c(N)c(-c2c(F)c(F)c(F)c3c2Cc2ccccc2-3)c(-c2c(F)c(F)c(F)c3c2Cc2ccccc2-3)c(-c2c(F)c(F)c(F)c3c2Cc2ccccc2-3)c1-c1c(F)c(F)c(F)c2c1Cc1ccccc1-2. The number of hydrogen-bond donors (Lipinski definition) is 2. The molecule has 0 heterocycles. The molecule has 0 spiro atoms. The van der Waals surface area contributed by atoms with Crippen molar-refractivity contribution in [2.45, 2.75) is 25.7 Å². The number of halogens is 12. The van der Waals surface area contributed by atoms with Gasteiger partial charge in [-0.1, -0.05) is 97.1 Å². The molecule has 0 radical (unpaired) electrons. The highest BCUT2D eigenvalue weighted by molar-refractivity contribution is 6.16. The number of benzene rings is 9. The first kappa shape index (κ1) is 43.7. The Labute approximate surface area is 400 Å². The van der Waals surface area contributed by atoms with E-state index in [0.29, 0.717) is 11.1 Å². The molecule has 0 fully saturated rings. The Hall–Kier alpha value is -8.26. The van der Waals surface area contributed by atoms with E-state index < -0.39 is 172 Å². The van der Waals surface area contributed by atoms with E-state index in [2.05, 4.69) is 0 Å². The van der Waals surface area contributed by atoms with Crippen molar-refractivity contribution in [3.63, 3.8) is 0 Å². The molecule has 9 aromatic rings. The van der Waals surface area contributed by atoms with E-state index in [1.54, 1.807) is 24.3 Å². The zero-order valence-corrected chi connectivity index (χ0v) is 36.8. The maximum absolute atomic E-state index is 17.9. The van der Waals surface area contributed by atoms with Crippen LogP contribution in [0.5, 0.6) is 0 Å². The number of rotatable bonds is 4. The number of fused-ring (bicyclic) bond motifs is 12. The molecule has 72 heavy (non-hydrogen) atoms. The van der Waals surface area contributed by atoms with Crippen LogP contribution in [0.15, 0.2) is 97.1 Å². The predicted molar refractivity (Wildman–Crippen MR) is 249 cm³/mol. The van der Waals surface area contributed by atoms with Crippen LogP contribution in [0.2, 0.25) is 0 Å². The Morgan fingerprint density at radius 3 is 0.653 bits per heavy atom. The Bertz CT molecular complexity index is 3790. The number of anilines is 2. The van der Waals surface area contributed by atoms with Gasteiger partial charge >= 0.3 is 0 Å². The van der Waals surface area contributed by atoms with Gasteiger partial charge in [0.05, 0.1) is 11.4 Å². The summed E-state index contributed by atoms with van der Waals surface area (Å²) in [5.41, 5.74) is 2.55. The van der Waals surface area contributed by atoms with Crippen LogP contribution in [0.1, 0.15) is 44.5 Å². The van der Waals surface area contributed by atoms with Crippen LogP contribution in [0, 0.1) is 69.8 Å². The maximum atomic E-state index is 17.9. The van der Waals surface area contributed by atoms with Crippen molar-refractivity contribution >= 4 is 11.4 Å². The molecule has 0 saturated carbocycles. The van der Waals surface area contributed by atoms with Crippen molar-refractivity contribution in [2.75, 3.05) is 11.5 Å². The quantitative estimate of drug-likeness (QED) is 0.105. The maximum Gasteiger partial charge on any atom is 0.195 e. The first-order valence-corrected chi connectivity index (χ1v) is 22.5. The van der Waals surface area contributed by atoms with Crippen molar-refractivity contribution < 1.29 is 52.7 Å². The Morgan fingerprint density at radius 2 is 0.417 bits per heavy atom. The molecule has 4 N–H and O–H groups in total. The zero-order chi connectivity index (χ0) is 50.1. The lowest BCUT2D eigenvalue weighted by molar-refractivity contribution is 0.448. The summed E-state index contributed by atoms with van der Waals surface area (Å²) in [6.07, 6.45) is -1.62. The average Bonchev–Trinajstić information content (AvgIpc) is 4.17. The van der Waals surface area contributed by atoms with E-state index >= 15 is 52.7 Å². The lowest BCUT2D eigenvalue weighted by Gasteiger charge is -2.29. The summed E-state index contributed by atoms with van der Waals surface area (Å²) in [4.78, 5) is 0. The topological polar surface area (TPSA) is 52.0 Å². The van der Waals surface area contributed by atoms with Gasteiger partial charge in [0.15, 0.2) is 69.8 Å². The lowest BCUT2D eigenvalue weighted by Crippen LogP contribution is -2.14.